The molecule has 128 valence electrons. The Labute approximate surface area is 146 Å². The molecule has 0 aliphatic carbocycles. The third-order valence-corrected chi connectivity index (χ3v) is 4.25. The van der Waals surface area contributed by atoms with Crippen molar-refractivity contribution in [2.45, 2.75) is 13.0 Å². The normalized spacial score (nSPS) is 18.0. The second kappa shape index (κ2) is 7.30. The average Bonchev–Trinajstić information content (AvgIpc) is 2.63. The molecule has 1 N–H and O–H groups in total. The molecule has 0 aromatic heterocycles. The lowest BCUT2D eigenvalue weighted by Gasteiger charge is -2.34. The van der Waals surface area contributed by atoms with Gasteiger partial charge in [0.15, 0.2) is 0 Å². The molecular weight excluding hydrogens is 319 g/mol. The summed E-state index contributed by atoms with van der Waals surface area (Å²) in [5.74, 6) is -0.861. The Hall–Kier alpha value is -2.95. The molecule has 1 unspecified atom stereocenters. The maximum atomic E-state index is 13.2. The van der Waals surface area contributed by atoms with Crippen LogP contribution in [-0.4, -0.2) is 29.8 Å². The highest BCUT2D eigenvalue weighted by Crippen LogP contribution is 2.25. The predicted octanol–water partition coefficient (Wildman–Crippen LogP) is 2.93. The van der Waals surface area contributed by atoms with Crippen molar-refractivity contribution in [2.75, 3.05) is 13.1 Å². The fraction of sp³-hybridized carbons (Fsp3) is 0.200. The zero-order chi connectivity index (χ0) is 17.8. The van der Waals surface area contributed by atoms with Crippen LogP contribution in [0.2, 0.25) is 0 Å². The molecule has 2 amide bonds. The molecule has 4 nitrogen and oxygen atoms in total. The van der Waals surface area contributed by atoms with Gasteiger partial charge in [-0.3, -0.25) is 9.59 Å². The molecule has 5 heteroatoms. The van der Waals surface area contributed by atoms with E-state index in [9.17, 15) is 14.0 Å². The lowest BCUT2D eigenvalue weighted by atomic mass is 10.0. The molecule has 0 bridgehead atoms. The molecule has 25 heavy (non-hydrogen) atoms. The Bertz CT molecular complexity index is 800. The summed E-state index contributed by atoms with van der Waals surface area (Å²) in [6.45, 7) is 2.68. The van der Waals surface area contributed by atoms with Crippen LogP contribution in [0.15, 0.2) is 60.7 Å². The van der Waals surface area contributed by atoms with E-state index in [0.717, 1.165) is 11.1 Å². The molecule has 1 aliphatic rings. The first-order valence-electron chi connectivity index (χ1n) is 8.14. The zero-order valence-electron chi connectivity index (χ0n) is 13.9. The van der Waals surface area contributed by atoms with Gasteiger partial charge >= 0.3 is 0 Å². The Balaban J connectivity index is 1.88. The number of carbonyl (C=O) groups excluding carboxylic acids is 2. The first kappa shape index (κ1) is 16.9. The molecule has 0 radical (unpaired) electrons. The van der Waals surface area contributed by atoms with Gasteiger partial charge in [-0.1, -0.05) is 42.5 Å². The summed E-state index contributed by atoms with van der Waals surface area (Å²) in [4.78, 5) is 26.6. The standard InChI is InChI=1S/C20H19FN2O2/c1-14(15-5-3-2-4-6-15)13-18(24)23-12-11-22-20(25)19(23)16-7-9-17(21)10-8-16/h2-10,13,19H,11-12H2,1H3,(H,22,25)/b14-13+. The van der Waals surface area contributed by atoms with Crippen LogP contribution in [0.5, 0.6) is 0 Å². The number of rotatable bonds is 3. The Morgan fingerprint density at radius 3 is 2.52 bits per heavy atom. The van der Waals surface area contributed by atoms with Gasteiger partial charge in [0.05, 0.1) is 0 Å². The third kappa shape index (κ3) is 3.76. The van der Waals surface area contributed by atoms with E-state index < -0.39 is 6.04 Å². The fourth-order valence-corrected chi connectivity index (χ4v) is 2.93. The molecule has 1 atom stereocenters. The van der Waals surface area contributed by atoms with Gasteiger partial charge in [-0.25, -0.2) is 4.39 Å². The quantitative estimate of drug-likeness (QED) is 0.875. The number of piperazine rings is 1. The Morgan fingerprint density at radius 2 is 1.84 bits per heavy atom. The highest BCUT2D eigenvalue weighted by Gasteiger charge is 2.33. The average molecular weight is 338 g/mol. The number of halogens is 1. The number of carbonyl (C=O) groups is 2. The molecule has 1 fully saturated rings. The third-order valence-electron chi connectivity index (χ3n) is 4.25. The SMILES string of the molecule is C/C(=C\C(=O)N1CCNC(=O)C1c1ccc(F)cc1)c1ccccc1. The number of nitrogens with one attached hydrogen (secondary N) is 1. The van der Waals surface area contributed by atoms with Gasteiger partial charge in [-0.2, -0.15) is 0 Å². The molecule has 1 aliphatic heterocycles. The number of benzene rings is 2. The van der Waals surface area contributed by atoms with Crippen LogP contribution in [0.1, 0.15) is 24.1 Å². The van der Waals surface area contributed by atoms with E-state index in [1.54, 1.807) is 18.2 Å². The Kier molecular flexibility index (Phi) is 4.93. The van der Waals surface area contributed by atoms with E-state index in [2.05, 4.69) is 5.32 Å². The number of amides is 2. The van der Waals surface area contributed by atoms with Crippen molar-refractivity contribution in [1.29, 1.82) is 0 Å². The van der Waals surface area contributed by atoms with Crippen LogP contribution < -0.4 is 5.32 Å². The van der Waals surface area contributed by atoms with Gasteiger partial charge < -0.3 is 10.2 Å². The van der Waals surface area contributed by atoms with Crippen LogP contribution >= 0.6 is 0 Å². The van der Waals surface area contributed by atoms with Gasteiger partial charge in [0.2, 0.25) is 11.8 Å². The van der Waals surface area contributed by atoms with E-state index in [1.165, 1.54) is 17.0 Å². The van der Waals surface area contributed by atoms with Crippen LogP contribution in [-0.2, 0) is 9.59 Å². The second-order valence-electron chi connectivity index (χ2n) is 5.97. The van der Waals surface area contributed by atoms with Crippen LogP contribution in [0.3, 0.4) is 0 Å². The van der Waals surface area contributed by atoms with Gasteiger partial charge in [-0.05, 0) is 35.8 Å². The van der Waals surface area contributed by atoms with Crippen molar-refractivity contribution < 1.29 is 14.0 Å². The van der Waals surface area contributed by atoms with E-state index in [0.29, 0.717) is 18.7 Å². The summed E-state index contributed by atoms with van der Waals surface area (Å²) in [6.07, 6.45) is 1.55. The summed E-state index contributed by atoms with van der Waals surface area (Å²) < 4.78 is 13.2. The first-order chi connectivity index (χ1) is 12.1. The minimum Gasteiger partial charge on any atom is -0.352 e. The highest BCUT2D eigenvalue weighted by molar-refractivity contribution is 5.98. The Morgan fingerprint density at radius 1 is 1.16 bits per heavy atom. The molecule has 3 rings (SSSR count). The largest absolute Gasteiger partial charge is 0.352 e. The van der Waals surface area contributed by atoms with E-state index in [-0.39, 0.29) is 17.6 Å². The maximum Gasteiger partial charge on any atom is 0.247 e. The van der Waals surface area contributed by atoms with Crippen LogP contribution in [0, 0.1) is 5.82 Å². The summed E-state index contributed by atoms with van der Waals surface area (Å²) in [7, 11) is 0. The van der Waals surface area contributed by atoms with Crippen molar-refractivity contribution in [3.63, 3.8) is 0 Å². The summed E-state index contributed by atoms with van der Waals surface area (Å²) in [6, 6.07) is 14.5. The lowest BCUT2D eigenvalue weighted by Crippen LogP contribution is -2.51. The van der Waals surface area contributed by atoms with Gasteiger partial charge in [0, 0.05) is 19.2 Å². The molecule has 2 aromatic carbocycles. The smallest absolute Gasteiger partial charge is 0.247 e. The zero-order valence-corrected chi connectivity index (χ0v) is 13.9. The second-order valence-corrected chi connectivity index (χ2v) is 5.97. The van der Waals surface area contributed by atoms with E-state index >= 15 is 0 Å². The summed E-state index contributed by atoms with van der Waals surface area (Å²) >= 11 is 0. The molecular formula is C20H19FN2O2. The predicted molar refractivity (Wildman–Crippen MR) is 94.0 cm³/mol. The molecule has 0 saturated carbocycles. The maximum absolute atomic E-state index is 13.2. The lowest BCUT2D eigenvalue weighted by molar-refractivity contribution is -0.140. The van der Waals surface area contributed by atoms with Crippen molar-refractivity contribution in [3.05, 3.63) is 77.6 Å². The molecule has 1 saturated heterocycles. The minimum absolute atomic E-state index is 0.231. The molecule has 1 heterocycles. The van der Waals surface area contributed by atoms with Crippen LogP contribution in [0.25, 0.3) is 5.57 Å². The van der Waals surface area contributed by atoms with Crippen molar-refractivity contribution in [3.8, 4) is 0 Å². The van der Waals surface area contributed by atoms with Crippen molar-refractivity contribution in [1.82, 2.24) is 10.2 Å². The molecule has 0 spiro atoms. The highest BCUT2D eigenvalue weighted by atomic mass is 19.1. The van der Waals surface area contributed by atoms with Gasteiger partial charge in [0.1, 0.15) is 11.9 Å². The van der Waals surface area contributed by atoms with Crippen molar-refractivity contribution >= 4 is 17.4 Å². The first-order valence-corrected chi connectivity index (χ1v) is 8.14. The van der Waals surface area contributed by atoms with Gasteiger partial charge in [0.25, 0.3) is 0 Å². The number of hydrogen-bond acceptors (Lipinski definition) is 2. The van der Waals surface area contributed by atoms with E-state index in [4.69, 9.17) is 0 Å². The topological polar surface area (TPSA) is 49.4 Å². The molecule has 2 aromatic rings. The number of hydrogen-bond donors (Lipinski definition) is 1. The van der Waals surface area contributed by atoms with Crippen molar-refractivity contribution in [2.24, 2.45) is 0 Å². The van der Waals surface area contributed by atoms with Gasteiger partial charge in [-0.15, -0.1) is 0 Å². The summed E-state index contributed by atoms with van der Waals surface area (Å²) in [5.41, 5.74) is 2.38. The monoisotopic (exact) mass is 338 g/mol. The minimum atomic E-state index is -0.748. The number of allylic oxidation sites excluding steroid dienone is 1. The fourth-order valence-electron chi connectivity index (χ4n) is 2.93. The van der Waals surface area contributed by atoms with Crippen LogP contribution in [0.4, 0.5) is 4.39 Å². The number of nitrogens with zero attached hydrogens (tertiary/aromatic N) is 1. The van der Waals surface area contributed by atoms with E-state index in [1.807, 2.05) is 37.3 Å². The summed E-state index contributed by atoms with van der Waals surface area (Å²) in [5, 5.41) is 2.77.